The van der Waals surface area contributed by atoms with Gasteiger partial charge in [-0.25, -0.2) is 4.39 Å². The number of alkyl halides is 1. The molecule has 0 aromatic heterocycles. The lowest BCUT2D eigenvalue weighted by Crippen LogP contribution is -2.28. The third-order valence-corrected chi connectivity index (χ3v) is 1.54. The van der Waals surface area contributed by atoms with E-state index in [1.807, 2.05) is 0 Å². The summed E-state index contributed by atoms with van der Waals surface area (Å²) in [6.07, 6.45) is 3.54. The second kappa shape index (κ2) is 4.74. The monoisotopic (exact) mass is 173 g/mol. The van der Waals surface area contributed by atoms with Crippen LogP contribution in [0.4, 0.5) is 4.39 Å². The van der Waals surface area contributed by atoms with Gasteiger partial charge in [-0.1, -0.05) is 0 Å². The minimum absolute atomic E-state index is 0.0551. The fourth-order valence-electron chi connectivity index (χ4n) is 0.964. The summed E-state index contributed by atoms with van der Waals surface area (Å²) in [5.41, 5.74) is 0. The molecule has 1 rings (SSSR count). The molecule has 1 heterocycles. The zero-order valence-corrected chi connectivity index (χ0v) is 6.81. The molecule has 0 aliphatic carbocycles. The molecule has 0 aromatic rings. The van der Waals surface area contributed by atoms with Crippen LogP contribution in [0, 0.1) is 0 Å². The first kappa shape index (κ1) is 9.03. The van der Waals surface area contributed by atoms with E-state index in [0.29, 0.717) is 12.4 Å². The highest BCUT2D eigenvalue weighted by Gasteiger charge is 2.12. The molecule has 1 amide bonds. The fourth-order valence-corrected chi connectivity index (χ4v) is 0.964. The fraction of sp³-hybridized carbons (Fsp3) is 0.625. The number of ether oxygens (including phenoxy) is 1. The van der Waals surface area contributed by atoms with Crippen molar-refractivity contribution >= 4 is 5.91 Å². The zero-order valence-electron chi connectivity index (χ0n) is 6.81. The van der Waals surface area contributed by atoms with Gasteiger partial charge in [-0.3, -0.25) is 4.79 Å². The van der Waals surface area contributed by atoms with Crippen molar-refractivity contribution in [3.05, 3.63) is 11.8 Å². The third kappa shape index (κ3) is 2.53. The van der Waals surface area contributed by atoms with E-state index in [4.69, 9.17) is 4.74 Å². The third-order valence-electron chi connectivity index (χ3n) is 1.54. The Labute approximate surface area is 70.6 Å². The van der Waals surface area contributed by atoms with Crippen LogP contribution < -0.4 is 5.32 Å². The average Bonchev–Trinajstić information content (AvgIpc) is 2.15. The van der Waals surface area contributed by atoms with Crippen LogP contribution in [0.25, 0.3) is 0 Å². The molecule has 1 aliphatic heterocycles. The predicted octanol–water partition coefficient (Wildman–Crippen LogP) is 0.766. The van der Waals surface area contributed by atoms with Gasteiger partial charge in [0.1, 0.15) is 6.67 Å². The molecule has 4 heteroatoms. The van der Waals surface area contributed by atoms with E-state index in [1.165, 1.54) is 0 Å². The van der Waals surface area contributed by atoms with Crippen molar-refractivity contribution in [3.8, 4) is 0 Å². The molecule has 1 N–H and O–H groups in total. The summed E-state index contributed by atoms with van der Waals surface area (Å²) in [6, 6.07) is 0. The highest BCUT2D eigenvalue weighted by atomic mass is 19.1. The van der Waals surface area contributed by atoms with Crippen LogP contribution in [0.3, 0.4) is 0 Å². The smallest absolute Gasteiger partial charge is 0.286 e. The number of nitrogens with one attached hydrogen (secondary N) is 1. The number of allylic oxidation sites excluding steroid dienone is 1. The number of carbonyl (C=O) groups is 1. The molecule has 0 atom stereocenters. The van der Waals surface area contributed by atoms with Gasteiger partial charge in [0.25, 0.3) is 5.91 Å². The molecule has 0 radical (unpaired) electrons. The Morgan fingerprint density at radius 3 is 3.17 bits per heavy atom. The van der Waals surface area contributed by atoms with Gasteiger partial charge in [-0.2, -0.15) is 0 Å². The van der Waals surface area contributed by atoms with Gasteiger partial charge in [0.15, 0.2) is 5.76 Å². The molecule has 0 saturated carbocycles. The molecule has 0 aromatic carbocycles. The summed E-state index contributed by atoms with van der Waals surface area (Å²) in [4.78, 5) is 11.1. The van der Waals surface area contributed by atoms with Crippen molar-refractivity contribution in [1.29, 1.82) is 0 Å². The maximum Gasteiger partial charge on any atom is 0.286 e. The Hall–Kier alpha value is -1.06. The molecule has 0 fully saturated rings. The van der Waals surface area contributed by atoms with Crippen LogP contribution in [0.15, 0.2) is 11.8 Å². The van der Waals surface area contributed by atoms with Crippen molar-refractivity contribution in [2.75, 3.05) is 19.8 Å². The predicted molar refractivity (Wildman–Crippen MR) is 42.3 cm³/mol. The quantitative estimate of drug-likeness (QED) is 0.684. The Balaban J connectivity index is 2.35. The van der Waals surface area contributed by atoms with Crippen LogP contribution in [0.5, 0.6) is 0 Å². The van der Waals surface area contributed by atoms with E-state index in [9.17, 15) is 9.18 Å². The number of amides is 1. The summed E-state index contributed by atoms with van der Waals surface area (Å²) in [5, 5.41) is 2.39. The number of hydrogen-bond donors (Lipinski definition) is 1. The lowest BCUT2D eigenvalue weighted by Gasteiger charge is -2.13. The normalized spacial score (nSPS) is 16.2. The summed E-state index contributed by atoms with van der Waals surface area (Å²) in [5.74, 6) is 0.0158. The van der Waals surface area contributed by atoms with Gasteiger partial charge >= 0.3 is 0 Å². The number of halogens is 1. The molecule has 68 valence electrons. The average molecular weight is 173 g/mol. The molecule has 0 saturated heterocycles. The van der Waals surface area contributed by atoms with E-state index in [0.717, 1.165) is 12.8 Å². The lowest BCUT2D eigenvalue weighted by atomic mass is 10.2. The van der Waals surface area contributed by atoms with Gasteiger partial charge in [0.2, 0.25) is 0 Å². The van der Waals surface area contributed by atoms with Crippen LogP contribution in [0.2, 0.25) is 0 Å². The number of hydrogen-bond acceptors (Lipinski definition) is 2. The Kier molecular flexibility index (Phi) is 3.57. The topological polar surface area (TPSA) is 38.3 Å². The lowest BCUT2D eigenvalue weighted by molar-refractivity contribution is -0.121. The molecule has 0 bridgehead atoms. The van der Waals surface area contributed by atoms with Crippen molar-refractivity contribution in [2.45, 2.75) is 12.8 Å². The Morgan fingerprint density at radius 1 is 1.75 bits per heavy atom. The SMILES string of the molecule is O=C(NCCF)C1=CCCCO1. The molecule has 1 aliphatic rings. The van der Waals surface area contributed by atoms with Crippen molar-refractivity contribution in [1.82, 2.24) is 5.32 Å². The van der Waals surface area contributed by atoms with Crippen molar-refractivity contribution in [3.63, 3.8) is 0 Å². The maximum absolute atomic E-state index is 11.6. The van der Waals surface area contributed by atoms with E-state index in [1.54, 1.807) is 6.08 Å². The van der Waals surface area contributed by atoms with Gasteiger partial charge in [0.05, 0.1) is 6.61 Å². The van der Waals surface area contributed by atoms with E-state index in [-0.39, 0.29) is 12.5 Å². The largest absolute Gasteiger partial charge is 0.488 e. The van der Waals surface area contributed by atoms with Crippen molar-refractivity contribution in [2.24, 2.45) is 0 Å². The van der Waals surface area contributed by atoms with Crippen LogP contribution in [0.1, 0.15) is 12.8 Å². The molecule has 12 heavy (non-hydrogen) atoms. The molecular weight excluding hydrogens is 161 g/mol. The summed E-state index contributed by atoms with van der Waals surface area (Å²) < 4.78 is 16.7. The van der Waals surface area contributed by atoms with Gasteiger partial charge in [-0.05, 0) is 18.9 Å². The van der Waals surface area contributed by atoms with E-state index in [2.05, 4.69) is 5.32 Å². The van der Waals surface area contributed by atoms with Gasteiger partial charge in [-0.15, -0.1) is 0 Å². The Bertz CT molecular complexity index is 191. The number of carbonyl (C=O) groups excluding carboxylic acids is 1. The first-order valence-electron chi connectivity index (χ1n) is 4.01. The minimum Gasteiger partial charge on any atom is -0.488 e. The van der Waals surface area contributed by atoms with Crippen LogP contribution in [-0.2, 0) is 9.53 Å². The van der Waals surface area contributed by atoms with Gasteiger partial charge < -0.3 is 10.1 Å². The first-order chi connectivity index (χ1) is 5.84. The first-order valence-corrected chi connectivity index (χ1v) is 4.01. The van der Waals surface area contributed by atoms with E-state index >= 15 is 0 Å². The second-order valence-corrected chi connectivity index (χ2v) is 2.50. The second-order valence-electron chi connectivity index (χ2n) is 2.50. The standard InChI is InChI=1S/C8H12FNO2/c9-4-5-10-8(11)7-3-1-2-6-12-7/h3H,1-2,4-6H2,(H,10,11). The van der Waals surface area contributed by atoms with Crippen molar-refractivity contribution < 1.29 is 13.9 Å². The maximum atomic E-state index is 11.6. The molecular formula is C8H12FNO2. The highest BCUT2D eigenvalue weighted by molar-refractivity contribution is 5.91. The molecule has 0 unspecified atom stereocenters. The van der Waals surface area contributed by atoms with E-state index < -0.39 is 6.67 Å². The summed E-state index contributed by atoms with van der Waals surface area (Å²) in [6.45, 7) is 0.0907. The number of rotatable bonds is 3. The highest BCUT2D eigenvalue weighted by Crippen LogP contribution is 2.09. The molecule has 3 nitrogen and oxygen atoms in total. The summed E-state index contributed by atoms with van der Waals surface area (Å²) >= 11 is 0. The summed E-state index contributed by atoms with van der Waals surface area (Å²) in [7, 11) is 0. The minimum atomic E-state index is -0.543. The van der Waals surface area contributed by atoms with Gasteiger partial charge in [0, 0.05) is 6.54 Å². The molecule has 0 spiro atoms. The van der Waals surface area contributed by atoms with Crippen LogP contribution >= 0.6 is 0 Å². The van der Waals surface area contributed by atoms with Crippen LogP contribution in [-0.4, -0.2) is 25.7 Å². The zero-order chi connectivity index (χ0) is 8.81. The Morgan fingerprint density at radius 2 is 2.58 bits per heavy atom.